The maximum absolute atomic E-state index is 6.18. The lowest BCUT2D eigenvalue weighted by atomic mass is 10.1. The van der Waals surface area contributed by atoms with Gasteiger partial charge in [0.15, 0.2) is 5.82 Å². The number of anilines is 2. The number of nitrogen functional groups attached to an aromatic ring is 1. The molecule has 2 N–H and O–H groups in total. The predicted octanol–water partition coefficient (Wildman–Crippen LogP) is 2.73. The summed E-state index contributed by atoms with van der Waals surface area (Å²) in [5.41, 5.74) is 5.73. The summed E-state index contributed by atoms with van der Waals surface area (Å²) in [5.74, 6) is 1.84. The van der Waals surface area contributed by atoms with E-state index >= 15 is 0 Å². The van der Waals surface area contributed by atoms with Crippen LogP contribution in [-0.4, -0.2) is 22.6 Å². The number of nitrogens with two attached hydrogens (primary N) is 1. The Morgan fingerprint density at radius 1 is 1.47 bits per heavy atom. The van der Waals surface area contributed by atoms with E-state index in [1.54, 1.807) is 0 Å². The molecule has 0 aliphatic heterocycles. The lowest BCUT2D eigenvalue weighted by Crippen LogP contribution is -2.29. The zero-order valence-electron chi connectivity index (χ0n) is 10.4. The number of hydrogen-bond acceptors (Lipinski definition) is 4. The molecule has 17 heavy (non-hydrogen) atoms. The van der Waals surface area contributed by atoms with Crippen LogP contribution in [0.3, 0.4) is 0 Å². The second-order valence-electron chi connectivity index (χ2n) is 5.00. The molecule has 0 amide bonds. The number of halogens is 1. The van der Waals surface area contributed by atoms with Crippen molar-refractivity contribution >= 4 is 23.2 Å². The molecule has 0 unspecified atom stereocenters. The van der Waals surface area contributed by atoms with Crippen molar-refractivity contribution in [2.75, 3.05) is 17.2 Å². The zero-order valence-corrected chi connectivity index (χ0v) is 11.1. The van der Waals surface area contributed by atoms with E-state index < -0.39 is 0 Å². The van der Waals surface area contributed by atoms with Crippen LogP contribution >= 0.6 is 11.6 Å². The van der Waals surface area contributed by atoms with Crippen molar-refractivity contribution in [1.29, 1.82) is 0 Å². The maximum atomic E-state index is 6.18. The number of hydrogen-bond donors (Lipinski definition) is 1. The fraction of sp³-hybridized carbons (Fsp3) is 0.667. The normalized spacial score (nSPS) is 15.3. The molecule has 1 aromatic heterocycles. The zero-order chi connectivity index (χ0) is 12.4. The summed E-state index contributed by atoms with van der Waals surface area (Å²) in [7, 11) is 0. The lowest BCUT2D eigenvalue weighted by Gasteiger charge is -2.25. The largest absolute Gasteiger partial charge is 0.382 e. The Hall–Kier alpha value is -1.03. The summed E-state index contributed by atoms with van der Waals surface area (Å²) in [5, 5.41) is 0.489. The van der Waals surface area contributed by atoms with Crippen molar-refractivity contribution in [3.63, 3.8) is 0 Å². The van der Waals surface area contributed by atoms with Gasteiger partial charge in [-0.3, -0.25) is 0 Å². The molecule has 0 aromatic carbocycles. The van der Waals surface area contributed by atoms with Crippen molar-refractivity contribution in [3.05, 3.63) is 11.3 Å². The molecular formula is C12H19ClN4. The van der Waals surface area contributed by atoms with Crippen LogP contribution in [-0.2, 0) is 0 Å². The van der Waals surface area contributed by atoms with Gasteiger partial charge < -0.3 is 10.6 Å². The van der Waals surface area contributed by atoms with E-state index in [4.69, 9.17) is 17.3 Å². The Kier molecular flexibility index (Phi) is 3.72. The van der Waals surface area contributed by atoms with Gasteiger partial charge in [-0.25, -0.2) is 9.97 Å². The molecule has 0 spiro atoms. The molecule has 0 radical (unpaired) electrons. The van der Waals surface area contributed by atoms with E-state index in [9.17, 15) is 0 Å². The van der Waals surface area contributed by atoms with Crippen molar-refractivity contribution in [2.24, 2.45) is 5.92 Å². The van der Waals surface area contributed by atoms with Gasteiger partial charge in [0.1, 0.15) is 17.2 Å². The Bertz CT molecular complexity index is 390. The summed E-state index contributed by atoms with van der Waals surface area (Å²) >= 11 is 6.18. The Labute approximate surface area is 107 Å². The van der Waals surface area contributed by atoms with Gasteiger partial charge in [-0.2, -0.15) is 0 Å². The molecule has 0 bridgehead atoms. The molecule has 0 saturated heterocycles. The van der Waals surface area contributed by atoms with Crippen molar-refractivity contribution in [2.45, 2.75) is 39.2 Å². The summed E-state index contributed by atoms with van der Waals surface area (Å²) in [6.45, 7) is 5.43. The molecule has 1 aliphatic carbocycles. The first kappa shape index (κ1) is 12.4. The van der Waals surface area contributed by atoms with Crippen molar-refractivity contribution in [1.82, 2.24) is 9.97 Å². The molecule has 1 saturated carbocycles. The summed E-state index contributed by atoms with van der Waals surface area (Å²) in [6.07, 6.45) is 5.06. The third-order valence-electron chi connectivity index (χ3n) is 3.01. The summed E-state index contributed by atoms with van der Waals surface area (Å²) < 4.78 is 0. The molecule has 1 fully saturated rings. The minimum Gasteiger partial charge on any atom is -0.382 e. The third-order valence-corrected chi connectivity index (χ3v) is 3.37. The van der Waals surface area contributed by atoms with Crippen LogP contribution in [0.15, 0.2) is 6.33 Å². The van der Waals surface area contributed by atoms with Crippen LogP contribution in [0.2, 0.25) is 5.02 Å². The second-order valence-corrected chi connectivity index (χ2v) is 5.38. The van der Waals surface area contributed by atoms with Crippen LogP contribution in [0.1, 0.15) is 33.1 Å². The molecule has 94 valence electrons. The van der Waals surface area contributed by atoms with E-state index in [1.165, 1.54) is 19.2 Å². The summed E-state index contributed by atoms with van der Waals surface area (Å²) in [4.78, 5) is 10.5. The Morgan fingerprint density at radius 2 is 2.18 bits per heavy atom. The van der Waals surface area contributed by atoms with Gasteiger partial charge >= 0.3 is 0 Å². The molecular weight excluding hydrogens is 236 g/mol. The summed E-state index contributed by atoms with van der Waals surface area (Å²) in [6, 6.07) is 0.584. The Balaban J connectivity index is 2.17. The van der Waals surface area contributed by atoms with Crippen molar-refractivity contribution < 1.29 is 0 Å². The first-order valence-corrected chi connectivity index (χ1v) is 6.50. The maximum Gasteiger partial charge on any atom is 0.153 e. The highest BCUT2D eigenvalue weighted by Gasteiger charge is 2.31. The molecule has 0 atom stereocenters. The van der Waals surface area contributed by atoms with E-state index in [-0.39, 0.29) is 0 Å². The standard InChI is InChI=1S/C12H19ClN4/c1-8(2)5-6-17(9-3-4-9)12-10(13)11(14)15-7-16-12/h7-9H,3-6H2,1-2H3,(H2,14,15,16). The predicted molar refractivity (Wildman–Crippen MR) is 71.3 cm³/mol. The number of rotatable bonds is 5. The average molecular weight is 255 g/mol. The van der Waals surface area contributed by atoms with Crippen LogP contribution in [0.5, 0.6) is 0 Å². The van der Waals surface area contributed by atoms with Gasteiger partial charge in [-0.1, -0.05) is 25.4 Å². The smallest absolute Gasteiger partial charge is 0.153 e. The highest BCUT2D eigenvalue weighted by molar-refractivity contribution is 6.35. The van der Waals surface area contributed by atoms with Gasteiger partial charge in [0.05, 0.1) is 0 Å². The highest BCUT2D eigenvalue weighted by atomic mass is 35.5. The monoisotopic (exact) mass is 254 g/mol. The molecule has 1 aromatic rings. The van der Waals surface area contributed by atoms with E-state index in [1.807, 2.05) is 0 Å². The molecule has 1 heterocycles. The fourth-order valence-electron chi connectivity index (χ4n) is 1.82. The second kappa shape index (κ2) is 5.08. The first-order chi connectivity index (χ1) is 8.09. The van der Waals surface area contributed by atoms with Gasteiger partial charge in [0.2, 0.25) is 0 Å². The fourth-order valence-corrected chi connectivity index (χ4v) is 2.02. The van der Waals surface area contributed by atoms with Gasteiger partial charge in [-0.05, 0) is 25.2 Å². The van der Waals surface area contributed by atoms with Crippen LogP contribution < -0.4 is 10.6 Å². The first-order valence-electron chi connectivity index (χ1n) is 6.12. The van der Waals surface area contributed by atoms with E-state index in [0.29, 0.717) is 22.8 Å². The minimum atomic E-state index is 0.367. The highest BCUT2D eigenvalue weighted by Crippen LogP contribution is 2.36. The van der Waals surface area contributed by atoms with Crippen molar-refractivity contribution in [3.8, 4) is 0 Å². The number of aromatic nitrogens is 2. The average Bonchev–Trinajstić information content (AvgIpc) is 3.08. The molecule has 2 rings (SSSR count). The Morgan fingerprint density at radius 3 is 2.76 bits per heavy atom. The quantitative estimate of drug-likeness (QED) is 0.878. The van der Waals surface area contributed by atoms with Gasteiger partial charge in [-0.15, -0.1) is 0 Å². The molecule has 5 heteroatoms. The molecule has 4 nitrogen and oxygen atoms in total. The lowest BCUT2D eigenvalue weighted by molar-refractivity contribution is 0.568. The minimum absolute atomic E-state index is 0.367. The van der Waals surface area contributed by atoms with E-state index in [0.717, 1.165) is 18.8 Å². The van der Waals surface area contributed by atoms with Crippen LogP contribution in [0.25, 0.3) is 0 Å². The topological polar surface area (TPSA) is 55.0 Å². The van der Waals surface area contributed by atoms with Gasteiger partial charge in [0.25, 0.3) is 0 Å². The van der Waals surface area contributed by atoms with Gasteiger partial charge in [0, 0.05) is 12.6 Å². The third kappa shape index (κ3) is 3.00. The van der Waals surface area contributed by atoms with Crippen LogP contribution in [0.4, 0.5) is 11.6 Å². The van der Waals surface area contributed by atoms with Crippen LogP contribution in [0, 0.1) is 5.92 Å². The van der Waals surface area contributed by atoms with E-state index in [2.05, 4.69) is 28.7 Å². The number of nitrogens with zero attached hydrogens (tertiary/aromatic N) is 3. The SMILES string of the molecule is CC(C)CCN(c1ncnc(N)c1Cl)C1CC1. The molecule has 1 aliphatic rings.